The number of sulfone groups is 1. The lowest BCUT2D eigenvalue weighted by Crippen LogP contribution is -2.16. The highest BCUT2D eigenvalue weighted by Gasteiger charge is 2.13. The number of hydrogen-bond acceptors (Lipinski definition) is 3. The lowest BCUT2D eigenvalue weighted by Gasteiger charge is -2.03. The molecule has 0 N–H and O–H groups in total. The van der Waals surface area contributed by atoms with Gasteiger partial charge in [0.05, 0.1) is 0 Å². The molecular weight excluding hydrogens is 271 g/mol. The highest BCUT2D eigenvalue weighted by Crippen LogP contribution is 2.21. The quantitative estimate of drug-likeness (QED) is 0.849. The first-order chi connectivity index (χ1) is 7.28. The average Bonchev–Trinajstić information content (AvgIpc) is 2.08. The maximum atomic E-state index is 11.4. The van der Waals surface area contributed by atoms with Crippen LogP contribution in [0.25, 0.3) is 0 Å². The van der Waals surface area contributed by atoms with Crippen LogP contribution >= 0.6 is 23.2 Å². The van der Waals surface area contributed by atoms with Gasteiger partial charge < -0.3 is 0 Å². The molecule has 1 aromatic rings. The van der Waals surface area contributed by atoms with Gasteiger partial charge in [0, 0.05) is 22.7 Å². The van der Waals surface area contributed by atoms with Gasteiger partial charge in [0.2, 0.25) is 0 Å². The molecule has 0 atom stereocenters. The van der Waals surface area contributed by atoms with Crippen molar-refractivity contribution >= 4 is 38.8 Å². The Labute approximate surface area is 104 Å². The summed E-state index contributed by atoms with van der Waals surface area (Å²) in [6.07, 6.45) is 0.997. The summed E-state index contributed by atoms with van der Waals surface area (Å²) in [5.41, 5.74) is 0.544. The Morgan fingerprint density at radius 1 is 1.31 bits per heavy atom. The Morgan fingerprint density at radius 3 is 2.50 bits per heavy atom. The number of Topliss-reactive ketones (excluding diaryl/α,β-unsaturated/α-hetero) is 1. The van der Waals surface area contributed by atoms with E-state index in [4.69, 9.17) is 23.2 Å². The van der Waals surface area contributed by atoms with Crippen molar-refractivity contribution < 1.29 is 13.2 Å². The third-order valence-corrected chi connectivity index (χ3v) is 3.27. The Morgan fingerprint density at radius 2 is 1.94 bits per heavy atom. The molecule has 0 radical (unpaired) electrons. The van der Waals surface area contributed by atoms with Crippen LogP contribution in [0.3, 0.4) is 0 Å². The minimum atomic E-state index is -3.29. The third-order valence-electron chi connectivity index (χ3n) is 1.82. The van der Waals surface area contributed by atoms with E-state index in [9.17, 15) is 13.2 Å². The third kappa shape index (κ3) is 4.51. The highest BCUT2D eigenvalue weighted by atomic mass is 35.5. The zero-order chi connectivity index (χ0) is 12.3. The molecule has 0 saturated heterocycles. The topological polar surface area (TPSA) is 51.2 Å². The van der Waals surface area contributed by atoms with Crippen molar-refractivity contribution in [2.24, 2.45) is 0 Å². The van der Waals surface area contributed by atoms with Gasteiger partial charge in [0.15, 0.2) is 15.6 Å². The summed E-state index contributed by atoms with van der Waals surface area (Å²) < 4.78 is 21.8. The van der Waals surface area contributed by atoms with Crippen molar-refractivity contribution in [3.63, 3.8) is 0 Å². The number of carbonyl (C=O) groups excluding carboxylic acids is 1. The van der Waals surface area contributed by atoms with Crippen LogP contribution in [0.4, 0.5) is 0 Å². The van der Waals surface area contributed by atoms with Gasteiger partial charge in [-0.25, -0.2) is 8.42 Å². The average molecular weight is 281 g/mol. The smallest absolute Gasteiger partial charge is 0.154 e. The monoisotopic (exact) mass is 280 g/mol. The number of ketones is 1. The second-order valence-electron chi connectivity index (χ2n) is 3.52. The van der Waals surface area contributed by atoms with Crippen LogP contribution in [-0.2, 0) is 21.1 Å². The first-order valence-corrected chi connectivity index (χ1v) is 7.23. The van der Waals surface area contributed by atoms with Gasteiger partial charge in [-0.05, 0) is 23.8 Å². The molecule has 0 bridgehead atoms. The molecule has 16 heavy (non-hydrogen) atoms. The van der Waals surface area contributed by atoms with Gasteiger partial charge in [0.1, 0.15) is 5.75 Å². The minimum absolute atomic E-state index is 0.0214. The van der Waals surface area contributed by atoms with E-state index < -0.39 is 21.4 Å². The van der Waals surface area contributed by atoms with Gasteiger partial charge in [-0.1, -0.05) is 23.2 Å². The number of carbonyl (C=O) groups is 1. The van der Waals surface area contributed by atoms with E-state index in [0.717, 1.165) is 6.26 Å². The second kappa shape index (κ2) is 5.17. The largest absolute Gasteiger partial charge is 0.298 e. The predicted molar refractivity (Wildman–Crippen MR) is 64.9 cm³/mol. The number of rotatable bonds is 4. The second-order valence-corrected chi connectivity index (χ2v) is 6.51. The molecule has 0 aromatic heterocycles. The Hall–Kier alpha value is -0.580. The molecule has 0 spiro atoms. The van der Waals surface area contributed by atoms with Crippen molar-refractivity contribution in [3.05, 3.63) is 33.8 Å². The fraction of sp³-hybridized carbons (Fsp3) is 0.300. The molecule has 0 fully saturated rings. The van der Waals surface area contributed by atoms with E-state index in [-0.39, 0.29) is 6.42 Å². The normalized spacial score (nSPS) is 11.4. The molecule has 0 aliphatic heterocycles. The molecule has 0 saturated carbocycles. The maximum Gasteiger partial charge on any atom is 0.154 e. The lowest BCUT2D eigenvalue weighted by atomic mass is 10.1. The molecule has 0 aliphatic rings. The number of benzene rings is 1. The Balaban J connectivity index is 2.81. The van der Waals surface area contributed by atoms with Crippen LogP contribution in [0.5, 0.6) is 0 Å². The molecule has 3 nitrogen and oxygen atoms in total. The number of halogens is 2. The summed E-state index contributed by atoms with van der Waals surface area (Å²) in [5.74, 6) is -0.873. The Kier molecular flexibility index (Phi) is 4.35. The fourth-order valence-electron chi connectivity index (χ4n) is 1.23. The van der Waals surface area contributed by atoms with E-state index in [1.807, 2.05) is 0 Å². The molecule has 0 aliphatic carbocycles. The van der Waals surface area contributed by atoms with E-state index in [2.05, 4.69) is 0 Å². The van der Waals surface area contributed by atoms with Gasteiger partial charge in [-0.15, -0.1) is 0 Å². The van der Waals surface area contributed by atoms with E-state index in [1.54, 1.807) is 18.2 Å². The number of hydrogen-bond donors (Lipinski definition) is 0. The van der Waals surface area contributed by atoms with Crippen molar-refractivity contribution in [2.75, 3.05) is 12.0 Å². The molecule has 0 unspecified atom stereocenters. The lowest BCUT2D eigenvalue weighted by molar-refractivity contribution is -0.116. The van der Waals surface area contributed by atoms with Gasteiger partial charge >= 0.3 is 0 Å². The molecule has 1 rings (SSSR count). The zero-order valence-electron chi connectivity index (χ0n) is 8.54. The van der Waals surface area contributed by atoms with Crippen LogP contribution < -0.4 is 0 Å². The minimum Gasteiger partial charge on any atom is -0.298 e. The zero-order valence-corrected chi connectivity index (χ0v) is 10.9. The summed E-state index contributed by atoms with van der Waals surface area (Å²) in [6.45, 7) is 0. The summed E-state index contributed by atoms with van der Waals surface area (Å²) in [4.78, 5) is 11.4. The molecule has 6 heteroatoms. The van der Waals surface area contributed by atoms with Crippen LogP contribution in [0.2, 0.25) is 10.0 Å². The van der Waals surface area contributed by atoms with E-state index in [1.165, 1.54) is 0 Å². The van der Waals surface area contributed by atoms with Crippen molar-refractivity contribution in [3.8, 4) is 0 Å². The van der Waals surface area contributed by atoms with Crippen molar-refractivity contribution in [1.29, 1.82) is 0 Å². The molecule has 88 valence electrons. The van der Waals surface area contributed by atoms with Crippen LogP contribution in [-0.4, -0.2) is 26.2 Å². The highest BCUT2D eigenvalue weighted by molar-refractivity contribution is 7.91. The van der Waals surface area contributed by atoms with Crippen molar-refractivity contribution in [1.82, 2.24) is 0 Å². The predicted octanol–water partition coefficient (Wildman–Crippen LogP) is 2.15. The molecule has 0 heterocycles. The van der Waals surface area contributed by atoms with E-state index >= 15 is 0 Å². The van der Waals surface area contributed by atoms with E-state index in [0.29, 0.717) is 15.6 Å². The SMILES string of the molecule is CS(=O)(=O)CC(=O)Cc1cc(Cl)ccc1Cl. The van der Waals surface area contributed by atoms with Crippen molar-refractivity contribution in [2.45, 2.75) is 6.42 Å². The fourth-order valence-corrected chi connectivity index (χ4v) is 2.30. The molecular formula is C10H10Cl2O3S. The molecule has 1 aromatic carbocycles. The van der Waals surface area contributed by atoms with Gasteiger partial charge in [0.25, 0.3) is 0 Å². The standard InChI is InChI=1S/C10H10Cl2O3S/c1-16(14,15)6-9(13)5-7-4-8(11)2-3-10(7)12/h2-4H,5-6H2,1H3. The van der Waals surface area contributed by atoms with Crippen LogP contribution in [0.15, 0.2) is 18.2 Å². The summed E-state index contributed by atoms with van der Waals surface area (Å²) in [7, 11) is -3.29. The molecule has 0 amide bonds. The first-order valence-electron chi connectivity index (χ1n) is 4.41. The maximum absolute atomic E-state index is 11.4. The Bertz CT molecular complexity index is 509. The summed E-state index contributed by atoms with van der Waals surface area (Å²) >= 11 is 11.6. The summed E-state index contributed by atoms with van der Waals surface area (Å²) in [5, 5.41) is 0.873. The first kappa shape index (κ1) is 13.5. The van der Waals surface area contributed by atoms with Crippen LogP contribution in [0, 0.1) is 0 Å². The summed E-state index contributed by atoms with van der Waals surface area (Å²) in [6, 6.07) is 4.74. The van der Waals surface area contributed by atoms with Crippen LogP contribution in [0.1, 0.15) is 5.56 Å². The van der Waals surface area contributed by atoms with Gasteiger partial charge in [-0.2, -0.15) is 0 Å². The van der Waals surface area contributed by atoms with Gasteiger partial charge in [-0.3, -0.25) is 4.79 Å².